The minimum atomic E-state index is 0.715. The smallest absolute Gasteiger partial charge is 0.163 e. The van der Waals surface area contributed by atoms with Gasteiger partial charge >= 0.3 is 0 Å². The van der Waals surface area contributed by atoms with E-state index < -0.39 is 0 Å². The molecule has 0 atom stereocenters. The van der Waals surface area contributed by atoms with Crippen LogP contribution in [0.4, 0.5) is 0 Å². The van der Waals surface area contributed by atoms with Crippen molar-refractivity contribution in [2.45, 2.75) is 41.5 Å². The molecular formula is C109H89N11. The predicted molar refractivity (Wildman–Crippen MR) is 493 cm³/mol. The summed E-state index contributed by atoms with van der Waals surface area (Å²) in [5.74, 6) is 4.51. The standard InChI is InChI=1S/C23H18N2.2C18H15N.2C17H14N2.C16H13N3/c1-17-24-22(20-10-6-3-7-11-20)16-23(25-17)21-14-12-19(13-15-21)18-8-4-2-5-9-18;1-14-12-17(15-8-4-2-5-9-15)13-18(19-14)16-10-6-3-7-11-16;1-14-12-17(15-8-4-2-5-9-15)19-18(13-14)16-10-6-3-7-11-16;1-13-18-16(14-8-4-2-5-9-14)12-17(19-13)15-10-6-3-7-11-15;1-13-12-16(14-8-4-2-5-9-14)19-17(18-13)15-10-6-3-7-11-15;1-12-17-15(13-8-4-2-5-9-13)19-16(18-12)14-10-6-3-7-11-14/h2-16H,1H3;2*2-13H,1H3;2*2-12H,1H3;2-11H,1H3. The van der Waals surface area contributed by atoms with E-state index in [2.05, 4.69) is 245 Å². The molecule has 0 fully saturated rings. The van der Waals surface area contributed by atoms with Gasteiger partial charge in [0.1, 0.15) is 17.5 Å². The molecule has 580 valence electrons. The molecule has 0 aliphatic rings. The fourth-order valence-electron chi connectivity index (χ4n) is 13.4. The molecule has 0 spiro atoms. The third-order valence-corrected chi connectivity index (χ3v) is 19.2. The molecule has 11 nitrogen and oxygen atoms in total. The number of aromatic nitrogens is 11. The lowest BCUT2D eigenvalue weighted by Gasteiger charge is -2.08. The molecule has 19 aromatic rings. The van der Waals surface area contributed by atoms with Crippen LogP contribution in [0.15, 0.2) is 431 Å². The summed E-state index contributed by atoms with van der Waals surface area (Å²) in [6, 6.07) is 146. The highest BCUT2D eigenvalue weighted by Gasteiger charge is 2.13. The summed E-state index contributed by atoms with van der Waals surface area (Å²) in [7, 11) is 0. The third kappa shape index (κ3) is 22.9. The summed E-state index contributed by atoms with van der Waals surface area (Å²) in [6.07, 6.45) is 0. The lowest BCUT2D eigenvalue weighted by molar-refractivity contribution is 0.992. The van der Waals surface area contributed by atoms with Crippen molar-refractivity contribution < 1.29 is 0 Å². The van der Waals surface area contributed by atoms with Gasteiger partial charge in [0.2, 0.25) is 0 Å². The van der Waals surface area contributed by atoms with Crippen LogP contribution >= 0.6 is 0 Å². The van der Waals surface area contributed by atoms with Crippen LogP contribution in [-0.4, -0.2) is 54.8 Å². The first-order valence-electron chi connectivity index (χ1n) is 40.0. The van der Waals surface area contributed by atoms with Gasteiger partial charge in [0.25, 0.3) is 0 Å². The second-order valence-corrected chi connectivity index (χ2v) is 28.4. The molecule has 0 saturated heterocycles. The summed E-state index contributed by atoms with van der Waals surface area (Å²) in [4.78, 5) is 50.2. The van der Waals surface area contributed by atoms with E-state index >= 15 is 0 Å². The maximum atomic E-state index is 4.77. The van der Waals surface area contributed by atoms with E-state index in [0.717, 1.165) is 141 Å². The van der Waals surface area contributed by atoms with E-state index in [-0.39, 0.29) is 0 Å². The van der Waals surface area contributed by atoms with E-state index in [9.17, 15) is 0 Å². The molecule has 19 rings (SSSR count). The van der Waals surface area contributed by atoms with Gasteiger partial charge in [-0.3, -0.25) is 4.98 Å². The van der Waals surface area contributed by atoms with Crippen LogP contribution in [0.5, 0.6) is 0 Å². The molecule has 0 bridgehead atoms. The van der Waals surface area contributed by atoms with E-state index in [4.69, 9.17) is 4.98 Å². The van der Waals surface area contributed by atoms with E-state index in [1.54, 1.807) is 0 Å². The SMILES string of the molecule is Cc1cc(-c2ccccc2)cc(-c2ccccc2)n1.Cc1cc(-c2ccccc2)nc(-c2ccccc2)c1.Cc1cc(-c2ccccc2)nc(-c2ccccc2)n1.Cc1nc(-c2ccccc2)cc(-c2ccc(-c3ccccc3)cc2)n1.Cc1nc(-c2ccccc2)cc(-c2ccccc2)n1.Cc1nc(-c2ccccc2)nc(-c2ccccc2)n1. The Kier molecular flexibility index (Phi) is 27.8. The van der Waals surface area contributed by atoms with Crippen LogP contribution in [-0.2, 0) is 0 Å². The molecule has 120 heavy (non-hydrogen) atoms. The molecule has 0 amide bonds. The van der Waals surface area contributed by atoms with Crippen LogP contribution < -0.4 is 0 Å². The monoisotopic (exact) mass is 1550 g/mol. The fraction of sp³-hybridized carbons (Fsp3) is 0.0550. The maximum absolute atomic E-state index is 4.77. The highest BCUT2D eigenvalue weighted by atomic mass is 15.0. The lowest BCUT2D eigenvalue weighted by atomic mass is 10.0. The maximum Gasteiger partial charge on any atom is 0.163 e. The summed E-state index contributed by atoms with van der Waals surface area (Å²) < 4.78 is 0. The average molecular weight is 1550 g/mol. The Morgan fingerprint density at radius 1 is 0.125 bits per heavy atom. The molecule has 0 saturated carbocycles. The fourth-order valence-corrected chi connectivity index (χ4v) is 13.4. The number of benzene rings is 13. The highest BCUT2D eigenvalue weighted by Crippen LogP contribution is 2.32. The Balaban J connectivity index is 0.000000118. The summed E-state index contributed by atoms with van der Waals surface area (Å²) in [5, 5.41) is 0. The first-order chi connectivity index (χ1) is 58.9. The zero-order valence-electron chi connectivity index (χ0n) is 67.9. The van der Waals surface area contributed by atoms with Crippen LogP contribution in [0.3, 0.4) is 0 Å². The van der Waals surface area contributed by atoms with Crippen LogP contribution in [0.2, 0.25) is 0 Å². The molecule has 0 radical (unpaired) electrons. The van der Waals surface area contributed by atoms with Gasteiger partial charge in [-0.1, -0.05) is 388 Å². The van der Waals surface area contributed by atoms with Crippen molar-refractivity contribution in [1.29, 1.82) is 0 Å². The van der Waals surface area contributed by atoms with Crippen LogP contribution in [0.1, 0.15) is 34.4 Å². The van der Waals surface area contributed by atoms with Crippen molar-refractivity contribution in [2.24, 2.45) is 0 Å². The Morgan fingerprint density at radius 2 is 0.333 bits per heavy atom. The number of nitrogens with zero attached hydrogens (tertiary/aromatic N) is 11. The van der Waals surface area contributed by atoms with Gasteiger partial charge in [-0.25, -0.2) is 49.8 Å². The second-order valence-electron chi connectivity index (χ2n) is 28.4. The molecule has 0 aliphatic heterocycles. The normalized spacial score (nSPS) is 10.4. The average Bonchev–Trinajstić information content (AvgIpc) is 0.926. The zero-order valence-corrected chi connectivity index (χ0v) is 67.9. The quantitative estimate of drug-likeness (QED) is 0.109. The Hall–Kier alpha value is -15.6. The summed E-state index contributed by atoms with van der Waals surface area (Å²) in [6.45, 7) is 11.9. The molecule has 6 aromatic heterocycles. The lowest BCUT2D eigenvalue weighted by Crippen LogP contribution is -1.99. The third-order valence-electron chi connectivity index (χ3n) is 19.2. The molecular weight excluding hydrogens is 1460 g/mol. The first-order valence-corrected chi connectivity index (χ1v) is 40.0. The van der Waals surface area contributed by atoms with Gasteiger partial charge in [0.05, 0.1) is 45.6 Å². The Morgan fingerprint density at radius 3 is 0.642 bits per heavy atom. The van der Waals surface area contributed by atoms with Gasteiger partial charge in [0.15, 0.2) is 17.5 Å². The molecule has 0 unspecified atom stereocenters. The van der Waals surface area contributed by atoms with Gasteiger partial charge < -0.3 is 0 Å². The van der Waals surface area contributed by atoms with Crippen molar-refractivity contribution in [3.63, 3.8) is 0 Å². The van der Waals surface area contributed by atoms with Crippen LogP contribution in [0, 0.1) is 41.5 Å². The van der Waals surface area contributed by atoms with Gasteiger partial charge in [0, 0.05) is 72.6 Å². The van der Waals surface area contributed by atoms with Gasteiger partial charge in [-0.05, 0) is 112 Å². The topological polar surface area (TPSA) is 142 Å². The molecule has 11 heteroatoms. The van der Waals surface area contributed by atoms with E-state index in [1.165, 1.54) is 27.8 Å². The Labute approximate surface area is 703 Å². The molecule has 0 N–H and O–H groups in total. The van der Waals surface area contributed by atoms with Crippen molar-refractivity contribution >= 4 is 0 Å². The number of hydrogen-bond donors (Lipinski definition) is 0. The zero-order chi connectivity index (χ0) is 82.5. The number of rotatable bonds is 13. The molecule has 13 aromatic carbocycles. The first kappa shape index (κ1) is 81.0. The second kappa shape index (κ2) is 41.1. The van der Waals surface area contributed by atoms with Gasteiger partial charge in [-0.15, -0.1) is 0 Å². The van der Waals surface area contributed by atoms with Crippen molar-refractivity contribution in [2.75, 3.05) is 0 Å². The van der Waals surface area contributed by atoms with Gasteiger partial charge in [-0.2, -0.15) is 0 Å². The number of aryl methyl sites for hydroxylation is 6. The number of pyridine rings is 2. The summed E-state index contributed by atoms with van der Waals surface area (Å²) >= 11 is 0. The minimum absolute atomic E-state index is 0.715. The number of hydrogen-bond acceptors (Lipinski definition) is 11. The van der Waals surface area contributed by atoms with Crippen molar-refractivity contribution in [1.82, 2.24) is 54.8 Å². The minimum Gasteiger partial charge on any atom is -0.253 e. The highest BCUT2D eigenvalue weighted by molar-refractivity contribution is 5.75. The predicted octanol–water partition coefficient (Wildman–Crippen LogP) is 27.0. The van der Waals surface area contributed by atoms with Crippen molar-refractivity contribution in [3.05, 3.63) is 465 Å². The molecule has 6 heterocycles. The van der Waals surface area contributed by atoms with E-state index in [0.29, 0.717) is 11.6 Å². The Bertz CT molecular complexity index is 5380. The van der Waals surface area contributed by atoms with E-state index in [1.807, 2.05) is 277 Å². The molecule has 0 aliphatic carbocycles. The summed E-state index contributed by atoms with van der Waals surface area (Å²) in [5.41, 5.74) is 28.1. The van der Waals surface area contributed by atoms with Crippen molar-refractivity contribution in [3.8, 4) is 146 Å². The largest absolute Gasteiger partial charge is 0.253 e. The van der Waals surface area contributed by atoms with Crippen LogP contribution in [0.25, 0.3) is 146 Å².